The molecule has 0 saturated carbocycles. The van der Waals surface area contributed by atoms with E-state index in [0.29, 0.717) is 17.9 Å². The maximum Gasteiger partial charge on any atom is 0.335 e. The van der Waals surface area contributed by atoms with E-state index in [1.54, 1.807) is 12.1 Å². The molecule has 0 radical (unpaired) electrons. The summed E-state index contributed by atoms with van der Waals surface area (Å²) in [4.78, 5) is 28.8. The number of aryl methyl sites for hydroxylation is 4. The van der Waals surface area contributed by atoms with Crippen LogP contribution in [-0.4, -0.2) is 11.9 Å². The van der Waals surface area contributed by atoms with Crippen LogP contribution in [0.15, 0.2) is 244 Å². The molecule has 0 aliphatic rings. The largest absolute Gasteiger partial charge is 0.423 e. The van der Waals surface area contributed by atoms with E-state index in [-0.39, 0.29) is 5.92 Å². The van der Waals surface area contributed by atoms with Crippen molar-refractivity contribution in [2.75, 3.05) is 9.80 Å². The molecule has 0 aliphatic carbocycles. The average molecular weight is 967 g/mol. The first-order valence-electron chi connectivity index (χ1n) is 24.8. The SMILES string of the molecule is C=CC(=O)Oc1ccc(C(=Cc2ccc(N(c3ccc(C)cc3)c3ccc(C)cc3)cc2)c2ccc(C(Cc3ccc(N(c4ccc(C)cc4)c4ccc(C)cc4)cc3)c3ccc(OC(=O)C=C)cc3)cc2)cc1. The Kier molecular flexibility index (Phi) is 15.4. The van der Waals surface area contributed by atoms with Crippen molar-refractivity contribution in [1.82, 2.24) is 0 Å². The lowest BCUT2D eigenvalue weighted by Gasteiger charge is -2.26. The van der Waals surface area contributed by atoms with Gasteiger partial charge in [-0.3, -0.25) is 0 Å². The summed E-state index contributed by atoms with van der Waals surface area (Å²) in [5, 5.41) is 0. The number of benzene rings is 9. The van der Waals surface area contributed by atoms with Crippen LogP contribution < -0.4 is 19.3 Å². The molecule has 0 heterocycles. The van der Waals surface area contributed by atoms with Gasteiger partial charge in [0.25, 0.3) is 0 Å². The van der Waals surface area contributed by atoms with E-state index >= 15 is 0 Å². The summed E-state index contributed by atoms with van der Waals surface area (Å²) in [6.07, 6.45) is 5.23. The van der Waals surface area contributed by atoms with E-state index in [4.69, 9.17) is 9.47 Å². The van der Waals surface area contributed by atoms with Gasteiger partial charge in [0, 0.05) is 52.2 Å². The maximum absolute atomic E-state index is 12.1. The first-order chi connectivity index (χ1) is 36.0. The molecule has 0 aliphatic heterocycles. The molecule has 0 aromatic heterocycles. The van der Waals surface area contributed by atoms with Gasteiger partial charge in [0.15, 0.2) is 0 Å². The summed E-state index contributed by atoms with van der Waals surface area (Å²) < 4.78 is 10.9. The zero-order valence-corrected chi connectivity index (χ0v) is 42.2. The van der Waals surface area contributed by atoms with Crippen LogP contribution in [0, 0.1) is 27.7 Å². The molecule has 0 bridgehead atoms. The third-order valence-corrected chi connectivity index (χ3v) is 13.1. The lowest BCUT2D eigenvalue weighted by molar-refractivity contribution is -0.129. The minimum Gasteiger partial charge on any atom is -0.423 e. The molecular weight excluding hydrogens is 909 g/mol. The van der Waals surface area contributed by atoms with Crippen LogP contribution >= 0.6 is 0 Å². The van der Waals surface area contributed by atoms with Crippen LogP contribution in [-0.2, 0) is 16.0 Å². The van der Waals surface area contributed by atoms with E-state index in [0.717, 1.165) is 79.7 Å². The van der Waals surface area contributed by atoms with Crippen molar-refractivity contribution in [3.05, 3.63) is 299 Å². The molecule has 1 atom stereocenters. The van der Waals surface area contributed by atoms with E-state index < -0.39 is 11.9 Å². The van der Waals surface area contributed by atoms with Gasteiger partial charge in [0.2, 0.25) is 0 Å². The van der Waals surface area contributed by atoms with E-state index in [1.807, 2.05) is 36.4 Å². The highest BCUT2D eigenvalue weighted by Gasteiger charge is 2.20. The van der Waals surface area contributed by atoms with Gasteiger partial charge in [-0.1, -0.05) is 157 Å². The molecule has 74 heavy (non-hydrogen) atoms. The summed E-state index contributed by atoms with van der Waals surface area (Å²) in [6, 6.07) is 75.9. The smallest absolute Gasteiger partial charge is 0.335 e. The number of rotatable bonds is 17. The topological polar surface area (TPSA) is 59.1 Å². The second kappa shape index (κ2) is 22.9. The summed E-state index contributed by atoms with van der Waals surface area (Å²) >= 11 is 0. The standard InChI is InChI=1S/C68H58N2O4/c1-7-67(71)73-63-41-25-55(26-42-63)65(45-51-17-37-61(38-18-51)69(57-29-9-47(3)10-30-57)58-31-11-48(4)12-32-58)53-21-23-54(24-22-53)66(56-27-43-64(44-28-56)74-68(72)8-2)46-52-19-39-62(40-20-52)70(59-33-13-49(5)14-34-59)60-35-15-50(6)16-36-60/h7-45,66H,1-2,46H2,3-6H3. The van der Waals surface area contributed by atoms with Crippen molar-refractivity contribution in [2.45, 2.75) is 40.0 Å². The molecule has 6 nitrogen and oxygen atoms in total. The molecule has 0 spiro atoms. The van der Waals surface area contributed by atoms with Crippen LogP contribution in [0.3, 0.4) is 0 Å². The fourth-order valence-corrected chi connectivity index (χ4v) is 9.02. The highest BCUT2D eigenvalue weighted by Crippen LogP contribution is 2.39. The Balaban J connectivity index is 1.07. The molecule has 9 aromatic rings. The molecule has 0 fully saturated rings. The summed E-state index contributed by atoms with van der Waals surface area (Å²) in [5.41, 5.74) is 18.6. The first-order valence-corrected chi connectivity index (χ1v) is 24.8. The van der Waals surface area contributed by atoms with E-state index in [1.165, 1.54) is 27.8 Å². The normalized spacial score (nSPS) is 11.5. The molecule has 1 unspecified atom stereocenters. The third kappa shape index (κ3) is 12.1. The molecule has 6 heteroatoms. The Morgan fingerprint density at radius 3 is 1.05 bits per heavy atom. The minimum absolute atomic E-state index is 0.0480. The predicted octanol–water partition coefficient (Wildman–Crippen LogP) is 17.0. The Morgan fingerprint density at radius 1 is 0.405 bits per heavy atom. The number of hydrogen-bond donors (Lipinski definition) is 0. The Bertz CT molecular complexity index is 3300. The number of anilines is 6. The zero-order chi connectivity index (χ0) is 51.6. The van der Waals surface area contributed by atoms with Gasteiger partial charge in [-0.2, -0.15) is 0 Å². The summed E-state index contributed by atoms with van der Waals surface area (Å²) in [5.74, 6) is -0.180. The van der Waals surface area contributed by atoms with Gasteiger partial charge >= 0.3 is 11.9 Å². The van der Waals surface area contributed by atoms with Crippen molar-refractivity contribution >= 4 is 57.7 Å². The second-order valence-corrected chi connectivity index (χ2v) is 18.6. The highest BCUT2D eigenvalue weighted by molar-refractivity contribution is 5.92. The molecule has 9 aromatic carbocycles. The second-order valence-electron chi connectivity index (χ2n) is 18.6. The van der Waals surface area contributed by atoms with Gasteiger partial charge in [-0.15, -0.1) is 0 Å². The number of carbonyl (C=O) groups is 2. The lowest BCUT2D eigenvalue weighted by Crippen LogP contribution is -2.10. The van der Waals surface area contributed by atoms with Crippen LogP contribution in [0.2, 0.25) is 0 Å². The Morgan fingerprint density at radius 2 is 0.703 bits per heavy atom. The van der Waals surface area contributed by atoms with E-state index in [2.05, 4.69) is 227 Å². The number of hydrogen-bond acceptors (Lipinski definition) is 6. The van der Waals surface area contributed by atoms with Crippen LogP contribution in [0.25, 0.3) is 11.6 Å². The third-order valence-electron chi connectivity index (χ3n) is 13.1. The monoisotopic (exact) mass is 966 g/mol. The van der Waals surface area contributed by atoms with Gasteiger partial charge < -0.3 is 19.3 Å². The van der Waals surface area contributed by atoms with Gasteiger partial charge in [0.05, 0.1) is 0 Å². The molecule has 0 saturated heterocycles. The molecule has 364 valence electrons. The Hall–Kier alpha value is -9.26. The van der Waals surface area contributed by atoms with Gasteiger partial charge in [-0.05, 0) is 176 Å². The van der Waals surface area contributed by atoms with Crippen molar-refractivity contribution in [1.29, 1.82) is 0 Å². The molecular formula is C68H58N2O4. The Labute approximate surface area is 435 Å². The van der Waals surface area contributed by atoms with Gasteiger partial charge in [-0.25, -0.2) is 9.59 Å². The fraction of sp³-hybridized carbons (Fsp3) is 0.0882. The minimum atomic E-state index is -0.515. The predicted molar refractivity (Wildman–Crippen MR) is 305 cm³/mol. The summed E-state index contributed by atoms with van der Waals surface area (Å²) in [7, 11) is 0. The lowest BCUT2D eigenvalue weighted by atomic mass is 9.84. The first kappa shape index (κ1) is 49.7. The average Bonchev–Trinajstić information content (AvgIpc) is 3.43. The highest BCUT2D eigenvalue weighted by atomic mass is 16.5. The van der Waals surface area contributed by atoms with E-state index in [9.17, 15) is 9.59 Å². The van der Waals surface area contributed by atoms with Crippen LogP contribution in [0.1, 0.15) is 61.6 Å². The van der Waals surface area contributed by atoms with Crippen molar-refractivity contribution < 1.29 is 19.1 Å². The van der Waals surface area contributed by atoms with Gasteiger partial charge in [0.1, 0.15) is 11.5 Å². The van der Waals surface area contributed by atoms with Crippen molar-refractivity contribution in [3.63, 3.8) is 0 Å². The van der Waals surface area contributed by atoms with Crippen molar-refractivity contribution in [3.8, 4) is 11.5 Å². The number of esters is 2. The van der Waals surface area contributed by atoms with Crippen LogP contribution in [0.5, 0.6) is 11.5 Å². The number of carbonyl (C=O) groups excluding carboxylic acids is 2. The maximum atomic E-state index is 12.1. The molecule has 9 rings (SSSR count). The molecule has 0 amide bonds. The number of nitrogens with zero attached hydrogens (tertiary/aromatic N) is 2. The van der Waals surface area contributed by atoms with Crippen molar-refractivity contribution in [2.24, 2.45) is 0 Å². The zero-order valence-electron chi connectivity index (χ0n) is 42.2. The summed E-state index contributed by atoms with van der Waals surface area (Å²) in [6.45, 7) is 15.5. The number of ether oxygens (including phenoxy) is 2. The van der Waals surface area contributed by atoms with Crippen LogP contribution in [0.4, 0.5) is 34.1 Å². The fourth-order valence-electron chi connectivity index (χ4n) is 9.02. The quantitative estimate of drug-likeness (QED) is 0.0392. The molecule has 0 N–H and O–H groups in total.